The van der Waals surface area contributed by atoms with Crippen LogP contribution in [0.3, 0.4) is 0 Å². The highest BCUT2D eigenvalue weighted by Crippen LogP contribution is 2.49. The Labute approximate surface area is 280 Å². The molecule has 0 saturated heterocycles. The minimum Gasteiger partial charge on any atom is -0.775 e. The number of allylic oxidation sites excluding steroid dienone is 1. The zero-order valence-electron chi connectivity index (χ0n) is 27.7. The number of unbranched alkanes of at least 4 members (excludes halogenated alkanes) is 4. The van der Waals surface area contributed by atoms with Gasteiger partial charge in [-0.1, -0.05) is 12.2 Å². The third-order valence-electron chi connectivity index (χ3n) is 9.23. The van der Waals surface area contributed by atoms with Gasteiger partial charge in [0, 0.05) is 53.8 Å². The summed E-state index contributed by atoms with van der Waals surface area (Å²) in [5, 5.41) is 17.8. The van der Waals surface area contributed by atoms with E-state index in [1.165, 1.54) is 24.3 Å². The molecule has 2 aliphatic rings. The highest BCUT2D eigenvalue weighted by atomic mass is 31.2. The summed E-state index contributed by atoms with van der Waals surface area (Å²) >= 11 is 0. The number of benzene rings is 2. The van der Waals surface area contributed by atoms with Crippen molar-refractivity contribution in [2.75, 3.05) is 18.0 Å². The molecule has 4 rings (SSSR count). The van der Waals surface area contributed by atoms with E-state index >= 15 is 0 Å². The van der Waals surface area contributed by atoms with Crippen LogP contribution in [-0.4, -0.2) is 60.2 Å². The zero-order chi connectivity index (χ0) is 35.7. The fraction of sp³-hybridized carbons (Fsp3) is 0.471. The van der Waals surface area contributed by atoms with Crippen molar-refractivity contribution in [3.8, 4) is 0 Å². The van der Waals surface area contributed by atoms with Crippen molar-refractivity contribution < 1.29 is 53.1 Å². The van der Waals surface area contributed by atoms with E-state index in [1.54, 1.807) is 12.1 Å². The lowest BCUT2D eigenvalue weighted by Crippen LogP contribution is -2.29. The van der Waals surface area contributed by atoms with Crippen LogP contribution in [0.5, 0.6) is 0 Å². The van der Waals surface area contributed by atoms with E-state index in [0.29, 0.717) is 57.2 Å². The number of nitrogens with zero attached hydrogens (tertiary/aromatic N) is 2. The van der Waals surface area contributed by atoms with Gasteiger partial charge in [0.2, 0.25) is 5.69 Å². The highest BCUT2D eigenvalue weighted by molar-refractivity contribution is 7.60. The minimum absolute atomic E-state index is 0.0643. The molecule has 0 fully saturated rings. The van der Waals surface area contributed by atoms with E-state index in [4.69, 9.17) is 10.2 Å². The molecule has 5 N–H and O–H groups in total. The zero-order valence-corrected chi connectivity index (χ0v) is 29.5. The Morgan fingerprint density at radius 3 is 2.00 bits per heavy atom. The largest absolute Gasteiger partial charge is 0.775 e. The maximum atomic E-state index is 12.2. The Bertz CT molecular complexity index is 1790. The summed E-state index contributed by atoms with van der Waals surface area (Å²) in [7, 11) is -9.30. The molecular weight excluding hydrogens is 658 g/mol. The van der Waals surface area contributed by atoms with Crippen LogP contribution in [0.25, 0.3) is 0 Å². The van der Waals surface area contributed by atoms with E-state index in [9.17, 15) is 38.3 Å². The molecule has 0 bridgehead atoms. The Morgan fingerprint density at radius 1 is 0.833 bits per heavy atom. The van der Waals surface area contributed by atoms with Crippen molar-refractivity contribution in [1.82, 2.24) is 0 Å². The van der Waals surface area contributed by atoms with Gasteiger partial charge in [0.25, 0.3) is 0 Å². The van der Waals surface area contributed by atoms with Crippen molar-refractivity contribution in [3.05, 3.63) is 65.0 Å². The second-order valence-corrected chi connectivity index (χ2v) is 16.6. The van der Waals surface area contributed by atoms with Crippen LogP contribution in [0.2, 0.25) is 0 Å². The van der Waals surface area contributed by atoms with E-state index in [1.807, 2.05) is 33.8 Å². The number of carboxylic acids is 2. The lowest BCUT2D eigenvalue weighted by Gasteiger charge is -2.25. The molecule has 12 nitrogen and oxygen atoms in total. The lowest BCUT2D eigenvalue weighted by atomic mass is 9.81. The third-order valence-corrected chi connectivity index (χ3v) is 11.1. The first-order valence-corrected chi connectivity index (χ1v) is 19.2. The van der Waals surface area contributed by atoms with E-state index < -0.39 is 38.0 Å². The van der Waals surface area contributed by atoms with Gasteiger partial charge >= 0.3 is 19.5 Å². The third kappa shape index (κ3) is 8.10. The van der Waals surface area contributed by atoms with Gasteiger partial charge in [0.05, 0.1) is 22.5 Å². The molecule has 1 unspecified atom stereocenters. The van der Waals surface area contributed by atoms with Crippen LogP contribution in [0.4, 0.5) is 11.4 Å². The summed E-state index contributed by atoms with van der Waals surface area (Å²) in [6.07, 6.45) is 5.70. The molecule has 48 heavy (non-hydrogen) atoms. The SMILES string of the molecule is CC1(C)C(=C=CC2=[N+](CCCCCC(=O)O)c3ccc(P(=O)([O-])O)cc3C2(C)C)N(CCCCCC(=O)O)c2ccc(P(=O)(O)O)cc21. The lowest BCUT2D eigenvalue weighted by molar-refractivity contribution is -0.438. The van der Waals surface area contributed by atoms with Crippen molar-refractivity contribution in [1.29, 1.82) is 0 Å². The topological polar surface area (TPSA) is 199 Å². The summed E-state index contributed by atoms with van der Waals surface area (Å²) in [6.45, 7) is 8.85. The quantitative estimate of drug-likeness (QED) is 0.0773. The molecule has 0 aliphatic carbocycles. The molecule has 2 aromatic rings. The molecule has 0 saturated carbocycles. The van der Waals surface area contributed by atoms with Gasteiger partial charge in [-0.3, -0.25) is 14.2 Å². The van der Waals surface area contributed by atoms with Crippen molar-refractivity contribution >= 4 is 54.8 Å². The molecule has 2 aliphatic heterocycles. The van der Waals surface area contributed by atoms with E-state index in [2.05, 4.69) is 15.2 Å². The van der Waals surface area contributed by atoms with Crippen LogP contribution in [-0.2, 0) is 29.5 Å². The van der Waals surface area contributed by atoms with Gasteiger partial charge in [0.1, 0.15) is 6.54 Å². The summed E-state index contributed by atoms with van der Waals surface area (Å²) in [5.41, 5.74) is 6.59. The molecular formula is C34H44N2O10P2. The Morgan fingerprint density at radius 2 is 1.42 bits per heavy atom. The number of carbonyl (C=O) groups is 2. The van der Waals surface area contributed by atoms with Crippen molar-refractivity contribution in [2.24, 2.45) is 0 Å². The Kier molecular flexibility index (Phi) is 11.1. The summed E-state index contributed by atoms with van der Waals surface area (Å²) in [5.74, 6) is -1.72. The van der Waals surface area contributed by atoms with E-state index in [0.717, 1.165) is 28.3 Å². The number of carboxylic acid groups (broad SMARTS) is 2. The molecule has 2 heterocycles. The van der Waals surface area contributed by atoms with Crippen LogP contribution in [0.1, 0.15) is 90.2 Å². The first-order chi connectivity index (χ1) is 22.3. The fourth-order valence-corrected chi connectivity index (χ4v) is 7.76. The van der Waals surface area contributed by atoms with Crippen LogP contribution in [0.15, 0.2) is 53.9 Å². The summed E-state index contributed by atoms with van der Waals surface area (Å²) in [4.78, 5) is 65.8. The monoisotopic (exact) mass is 702 g/mol. The molecule has 1 atom stereocenters. The minimum atomic E-state index is -4.77. The molecule has 0 amide bonds. The fourth-order valence-electron chi connectivity index (χ4n) is 6.64. The predicted octanol–water partition coefficient (Wildman–Crippen LogP) is 4.16. The van der Waals surface area contributed by atoms with Crippen LogP contribution in [0, 0.1) is 0 Å². The molecule has 2 aromatic carbocycles. The Hall–Kier alpha value is -3.33. The average molecular weight is 703 g/mol. The van der Waals surface area contributed by atoms with Crippen molar-refractivity contribution in [2.45, 2.75) is 89.9 Å². The molecule has 14 heteroatoms. The number of fused-ring (bicyclic) bond motifs is 2. The number of aliphatic carboxylic acids is 2. The smallest absolute Gasteiger partial charge is 0.356 e. The van der Waals surface area contributed by atoms with Crippen LogP contribution < -0.4 is 20.4 Å². The van der Waals surface area contributed by atoms with Gasteiger partial charge in [-0.15, -0.1) is 0 Å². The molecule has 0 spiro atoms. The Balaban J connectivity index is 1.83. The molecule has 0 radical (unpaired) electrons. The molecule has 0 aromatic heterocycles. The van der Waals surface area contributed by atoms with Crippen LogP contribution >= 0.6 is 15.2 Å². The molecule has 260 valence electrons. The number of anilines is 1. The van der Waals surface area contributed by atoms with Gasteiger partial charge in [-0.25, -0.2) is 0 Å². The normalized spacial score (nSPS) is 17.5. The van der Waals surface area contributed by atoms with E-state index in [-0.39, 0.29) is 23.5 Å². The van der Waals surface area contributed by atoms with Gasteiger partial charge in [-0.05, 0) is 89.3 Å². The van der Waals surface area contributed by atoms with Crippen molar-refractivity contribution in [3.63, 3.8) is 0 Å². The average Bonchev–Trinajstić information content (AvgIpc) is 3.32. The first-order valence-electron chi connectivity index (χ1n) is 16.0. The number of hydrogen-bond donors (Lipinski definition) is 5. The van der Waals surface area contributed by atoms with Gasteiger partial charge < -0.3 is 39.3 Å². The second-order valence-electron chi connectivity index (χ2n) is 13.5. The maximum absolute atomic E-state index is 12.2. The second kappa shape index (κ2) is 14.3. The summed E-state index contributed by atoms with van der Waals surface area (Å²) in [6, 6.07) is 9.17. The standard InChI is InChI=1S/C34H44N2O10P2/c1-33(2)25-21-23(47(41,42)43)13-15-27(25)35(19-9-5-7-11-31(37)38)29(33)17-18-30-34(3,4)26-22-24(48(44,45)46)14-16-28(26)36(30)20-10-6-8-12-32(39)40/h13-17,21-22H,5-12,19-20H2,1-4H3,(H5-,37,38,39,40,41,42,43,44,45,46). The summed E-state index contributed by atoms with van der Waals surface area (Å²) < 4.78 is 26.3. The first kappa shape index (κ1) is 37.5. The number of rotatable bonds is 15. The predicted molar refractivity (Wildman–Crippen MR) is 181 cm³/mol. The maximum Gasteiger partial charge on any atom is 0.356 e. The highest BCUT2D eigenvalue weighted by Gasteiger charge is 2.46. The number of hydrogen-bond acceptors (Lipinski definition) is 6. The van der Waals surface area contributed by atoms with Gasteiger partial charge in [0.15, 0.2) is 13.3 Å². The van der Waals surface area contributed by atoms with Gasteiger partial charge in [-0.2, -0.15) is 4.58 Å².